The van der Waals surface area contributed by atoms with Crippen molar-refractivity contribution in [1.82, 2.24) is 9.78 Å². The highest BCUT2D eigenvalue weighted by Crippen LogP contribution is 2.13. The number of hydrogen-bond acceptors (Lipinski definition) is 4. The van der Waals surface area contributed by atoms with Crippen molar-refractivity contribution in [2.45, 2.75) is 33.2 Å². The number of nitrogens with zero attached hydrogens (tertiary/aromatic N) is 2. The Kier molecular flexibility index (Phi) is 4.34. The molecule has 0 aliphatic rings. The Morgan fingerprint density at radius 2 is 2.38 bits per heavy atom. The summed E-state index contributed by atoms with van der Waals surface area (Å²) >= 11 is 0. The van der Waals surface area contributed by atoms with E-state index in [9.17, 15) is 4.79 Å². The van der Waals surface area contributed by atoms with Crippen molar-refractivity contribution in [3.05, 3.63) is 11.9 Å². The van der Waals surface area contributed by atoms with E-state index in [4.69, 9.17) is 5.73 Å². The molecule has 0 radical (unpaired) electrons. The van der Waals surface area contributed by atoms with Crippen LogP contribution in [0.15, 0.2) is 6.20 Å². The number of methoxy groups -OCH3 is 1. The smallest absolute Gasteiger partial charge is 0.360 e. The normalized spacial score (nSPS) is 12.4. The van der Waals surface area contributed by atoms with Crippen molar-refractivity contribution in [2.24, 2.45) is 5.92 Å². The predicted molar refractivity (Wildman–Crippen MR) is 62.1 cm³/mol. The Morgan fingerprint density at radius 1 is 1.69 bits per heavy atom. The maximum absolute atomic E-state index is 11.3. The number of nitrogens with two attached hydrogens (primary N) is 1. The molecule has 0 saturated carbocycles. The average Bonchev–Trinajstić information content (AvgIpc) is 2.58. The van der Waals surface area contributed by atoms with Gasteiger partial charge in [0.1, 0.15) is 0 Å². The van der Waals surface area contributed by atoms with Crippen molar-refractivity contribution in [2.75, 3.05) is 12.8 Å². The first-order valence-electron chi connectivity index (χ1n) is 5.49. The minimum Gasteiger partial charge on any atom is -0.464 e. The van der Waals surface area contributed by atoms with E-state index in [1.165, 1.54) is 7.11 Å². The summed E-state index contributed by atoms with van der Waals surface area (Å²) in [6, 6.07) is 0. The van der Waals surface area contributed by atoms with Gasteiger partial charge in [0.2, 0.25) is 0 Å². The number of rotatable bonds is 5. The lowest BCUT2D eigenvalue weighted by atomic mass is 10.1. The monoisotopic (exact) mass is 225 g/mol. The van der Waals surface area contributed by atoms with Gasteiger partial charge < -0.3 is 10.5 Å². The molecule has 1 rings (SSSR count). The summed E-state index contributed by atoms with van der Waals surface area (Å²) in [6.07, 6.45) is 3.95. The van der Waals surface area contributed by atoms with Crippen LogP contribution in [-0.4, -0.2) is 22.9 Å². The predicted octanol–water partition coefficient (Wildman–Crippen LogP) is 1.69. The molecule has 0 aromatic carbocycles. The largest absolute Gasteiger partial charge is 0.464 e. The Bertz CT molecular complexity index is 360. The first-order chi connectivity index (χ1) is 7.58. The van der Waals surface area contributed by atoms with Gasteiger partial charge in [-0.2, -0.15) is 5.10 Å². The first-order valence-corrected chi connectivity index (χ1v) is 5.49. The molecule has 0 spiro atoms. The van der Waals surface area contributed by atoms with E-state index in [0.717, 1.165) is 19.4 Å². The number of nitrogen functional groups attached to an aromatic ring is 1. The van der Waals surface area contributed by atoms with Crippen LogP contribution in [0, 0.1) is 5.92 Å². The Hall–Kier alpha value is -1.52. The third kappa shape index (κ3) is 2.98. The molecule has 1 atom stereocenters. The Balaban J connectivity index is 2.73. The molecule has 1 aromatic rings. The van der Waals surface area contributed by atoms with Crippen LogP contribution in [0.2, 0.25) is 0 Å². The Labute approximate surface area is 95.6 Å². The second kappa shape index (κ2) is 5.53. The maximum atomic E-state index is 11.3. The lowest BCUT2D eigenvalue weighted by Crippen LogP contribution is -2.10. The Morgan fingerprint density at radius 3 is 2.94 bits per heavy atom. The minimum absolute atomic E-state index is 0.200. The van der Waals surface area contributed by atoms with Crippen LogP contribution in [0.5, 0.6) is 0 Å². The van der Waals surface area contributed by atoms with Crippen molar-refractivity contribution < 1.29 is 9.53 Å². The fourth-order valence-corrected chi connectivity index (χ4v) is 1.69. The minimum atomic E-state index is -0.487. The molecular weight excluding hydrogens is 206 g/mol. The van der Waals surface area contributed by atoms with E-state index in [1.807, 2.05) is 0 Å². The molecule has 0 bridgehead atoms. The molecule has 1 unspecified atom stereocenters. The summed E-state index contributed by atoms with van der Waals surface area (Å²) in [4.78, 5) is 11.3. The van der Waals surface area contributed by atoms with Gasteiger partial charge in [-0.05, 0) is 12.3 Å². The fraction of sp³-hybridized carbons (Fsp3) is 0.636. The van der Waals surface area contributed by atoms with E-state index in [2.05, 4.69) is 23.7 Å². The summed E-state index contributed by atoms with van der Waals surface area (Å²) < 4.78 is 6.30. The van der Waals surface area contributed by atoms with Crippen LogP contribution in [0.3, 0.4) is 0 Å². The molecule has 1 heterocycles. The summed E-state index contributed by atoms with van der Waals surface area (Å²) in [5.41, 5.74) is 6.25. The zero-order valence-corrected chi connectivity index (χ0v) is 10.1. The second-order valence-electron chi connectivity index (χ2n) is 4.04. The van der Waals surface area contributed by atoms with E-state index < -0.39 is 5.97 Å². The molecular formula is C11H19N3O2. The number of carbonyl (C=O) groups excluding carboxylic acids is 1. The fourth-order valence-electron chi connectivity index (χ4n) is 1.69. The summed E-state index contributed by atoms with van der Waals surface area (Å²) in [5, 5.41) is 4.12. The first kappa shape index (κ1) is 12.5. The van der Waals surface area contributed by atoms with E-state index >= 15 is 0 Å². The van der Waals surface area contributed by atoms with Gasteiger partial charge in [-0.15, -0.1) is 0 Å². The van der Waals surface area contributed by atoms with Gasteiger partial charge >= 0.3 is 5.97 Å². The molecule has 90 valence electrons. The number of aromatic nitrogens is 2. The summed E-state index contributed by atoms with van der Waals surface area (Å²) in [6.45, 7) is 5.07. The number of anilines is 1. The second-order valence-corrected chi connectivity index (χ2v) is 4.04. The van der Waals surface area contributed by atoms with Gasteiger partial charge in [0.05, 0.1) is 12.8 Å². The van der Waals surface area contributed by atoms with Crippen molar-refractivity contribution in [3.8, 4) is 0 Å². The highest BCUT2D eigenvalue weighted by atomic mass is 16.5. The molecule has 1 aromatic heterocycles. The van der Waals surface area contributed by atoms with Crippen LogP contribution in [0.4, 0.5) is 5.69 Å². The number of carbonyl (C=O) groups is 1. The summed E-state index contributed by atoms with van der Waals surface area (Å²) in [5.74, 6) is 0.0363. The maximum Gasteiger partial charge on any atom is 0.360 e. The molecule has 0 fully saturated rings. The van der Waals surface area contributed by atoms with Crippen molar-refractivity contribution >= 4 is 11.7 Å². The topological polar surface area (TPSA) is 70.1 Å². The average molecular weight is 225 g/mol. The van der Waals surface area contributed by atoms with Gasteiger partial charge in [0.25, 0.3) is 0 Å². The SMILES string of the molecule is CCCC(C)Cn1cc(N)c(C(=O)OC)n1. The third-order valence-corrected chi connectivity index (χ3v) is 2.45. The van der Waals surface area contributed by atoms with Crippen LogP contribution in [0.1, 0.15) is 37.2 Å². The molecule has 2 N–H and O–H groups in total. The molecule has 5 heteroatoms. The van der Waals surface area contributed by atoms with Crippen LogP contribution >= 0.6 is 0 Å². The van der Waals surface area contributed by atoms with E-state index in [1.54, 1.807) is 10.9 Å². The number of esters is 1. The molecule has 0 aliphatic carbocycles. The highest BCUT2D eigenvalue weighted by molar-refractivity contribution is 5.92. The third-order valence-electron chi connectivity index (χ3n) is 2.45. The standard InChI is InChI=1S/C11H19N3O2/c1-4-5-8(2)6-14-7-9(12)10(13-14)11(15)16-3/h7-8H,4-6,12H2,1-3H3. The zero-order valence-electron chi connectivity index (χ0n) is 10.1. The van der Waals surface area contributed by atoms with Gasteiger partial charge in [-0.3, -0.25) is 4.68 Å². The summed E-state index contributed by atoms with van der Waals surface area (Å²) in [7, 11) is 1.32. The molecule has 0 amide bonds. The highest BCUT2D eigenvalue weighted by Gasteiger charge is 2.15. The lowest BCUT2D eigenvalue weighted by Gasteiger charge is -2.09. The molecule has 5 nitrogen and oxygen atoms in total. The van der Waals surface area contributed by atoms with Gasteiger partial charge in [-0.25, -0.2) is 4.79 Å². The van der Waals surface area contributed by atoms with Crippen molar-refractivity contribution in [3.63, 3.8) is 0 Å². The molecule has 16 heavy (non-hydrogen) atoms. The van der Waals surface area contributed by atoms with Gasteiger partial charge in [0.15, 0.2) is 5.69 Å². The molecule has 0 aliphatic heterocycles. The quantitative estimate of drug-likeness (QED) is 0.774. The molecule has 0 saturated heterocycles. The zero-order chi connectivity index (χ0) is 12.1. The van der Waals surface area contributed by atoms with Gasteiger partial charge in [0, 0.05) is 12.7 Å². The number of hydrogen-bond donors (Lipinski definition) is 1. The number of ether oxygens (including phenoxy) is 1. The van der Waals surface area contributed by atoms with E-state index in [-0.39, 0.29) is 5.69 Å². The van der Waals surface area contributed by atoms with Crippen LogP contribution < -0.4 is 5.73 Å². The van der Waals surface area contributed by atoms with Crippen LogP contribution in [-0.2, 0) is 11.3 Å². The van der Waals surface area contributed by atoms with E-state index in [0.29, 0.717) is 11.6 Å². The van der Waals surface area contributed by atoms with Gasteiger partial charge in [-0.1, -0.05) is 20.3 Å². The van der Waals surface area contributed by atoms with Crippen LogP contribution in [0.25, 0.3) is 0 Å². The lowest BCUT2D eigenvalue weighted by molar-refractivity contribution is 0.0594. The van der Waals surface area contributed by atoms with Crippen molar-refractivity contribution in [1.29, 1.82) is 0 Å².